The lowest BCUT2D eigenvalue weighted by Crippen LogP contribution is -2.56. The van der Waals surface area contributed by atoms with Crippen molar-refractivity contribution in [1.29, 1.82) is 0 Å². The van der Waals surface area contributed by atoms with Crippen LogP contribution in [0.5, 0.6) is 5.88 Å². The van der Waals surface area contributed by atoms with Crippen molar-refractivity contribution in [2.75, 3.05) is 52.5 Å². The van der Waals surface area contributed by atoms with E-state index < -0.39 is 24.1 Å². The van der Waals surface area contributed by atoms with Crippen molar-refractivity contribution in [3.05, 3.63) is 42.1 Å². The molecule has 0 spiro atoms. The van der Waals surface area contributed by atoms with Gasteiger partial charge in [-0.1, -0.05) is 24.6 Å². The molecule has 2 atom stereocenters. The molecule has 6 rings (SSSR count). The summed E-state index contributed by atoms with van der Waals surface area (Å²) < 4.78 is 12.5. The Bertz CT molecular complexity index is 1630. The molecule has 2 aliphatic carbocycles. The van der Waals surface area contributed by atoms with Crippen molar-refractivity contribution in [2.45, 2.75) is 82.8 Å². The molecule has 6 amide bonds. The first kappa shape index (κ1) is 37.6. The third-order valence-corrected chi connectivity index (χ3v) is 10.5. The molecule has 1 aromatic heterocycles. The molecule has 286 valence electrons. The minimum absolute atomic E-state index is 0.0252. The van der Waals surface area contributed by atoms with E-state index in [0.29, 0.717) is 25.1 Å². The number of hydrogen-bond acceptors (Lipinski definition) is 9. The SMILES string of the molecule is CCOC(=O)N1CCN(C(=O)C(CCNC(=O)C2CCC2)NC(=O)c2cc(OCC(=O)N3CCCC3C(=O)NC3CCC3)n(-c3ccccc3)n2)CC1. The first-order valence-corrected chi connectivity index (χ1v) is 18.9. The van der Waals surface area contributed by atoms with Gasteiger partial charge in [0.05, 0.1) is 12.3 Å². The van der Waals surface area contributed by atoms with Crippen LogP contribution >= 0.6 is 0 Å². The van der Waals surface area contributed by atoms with Gasteiger partial charge in [0.1, 0.15) is 12.1 Å². The van der Waals surface area contributed by atoms with Gasteiger partial charge in [-0.05, 0) is 70.4 Å². The average molecular weight is 735 g/mol. The second-order valence-corrected chi connectivity index (χ2v) is 14.0. The molecule has 2 aliphatic heterocycles. The molecule has 16 nitrogen and oxygen atoms in total. The number of piperazine rings is 1. The topological polar surface area (TPSA) is 185 Å². The maximum atomic E-state index is 13.8. The number of rotatable bonds is 14. The number of carbonyl (C=O) groups is 6. The third-order valence-electron chi connectivity index (χ3n) is 10.5. The summed E-state index contributed by atoms with van der Waals surface area (Å²) >= 11 is 0. The van der Waals surface area contributed by atoms with Crippen molar-refractivity contribution in [3.63, 3.8) is 0 Å². The van der Waals surface area contributed by atoms with Crippen LogP contribution in [0.4, 0.5) is 4.79 Å². The lowest BCUT2D eigenvalue weighted by Gasteiger charge is -2.36. The van der Waals surface area contributed by atoms with Gasteiger partial charge in [0, 0.05) is 57.3 Å². The summed E-state index contributed by atoms with van der Waals surface area (Å²) in [4.78, 5) is 83.4. The summed E-state index contributed by atoms with van der Waals surface area (Å²) in [6, 6.07) is 9.03. The van der Waals surface area contributed by atoms with E-state index in [9.17, 15) is 28.8 Å². The van der Waals surface area contributed by atoms with Gasteiger partial charge in [-0.3, -0.25) is 24.0 Å². The number of ether oxygens (including phenoxy) is 2. The summed E-state index contributed by atoms with van der Waals surface area (Å²) in [5, 5.41) is 13.3. The van der Waals surface area contributed by atoms with Crippen LogP contribution in [0.3, 0.4) is 0 Å². The van der Waals surface area contributed by atoms with E-state index in [0.717, 1.165) is 38.5 Å². The molecule has 2 saturated carbocycles. The van der Waals surface area contributed by atoms with Crippen molar-refractivity contribution < 1.29 is 38.2 Å². The highest BCUT2D eigenvalue weighted by Gasteiger charge is 2.36. The highest BCUT2D eigenvalue weighted by molar-refractivity contribution is 5.96. The normalized spacial score (nSPS) is 19.4. The van der Waals surface area contributed by atoms with E-state index in [-0.39, 0.29) is 99.5 Å². The van der Waals surface area contributed by atoms with Gasteiger partial charge in [0.25, 0.3) is 11.8 Å². The minimum atomic E-state index is -0.996. The standard InChI is InChI=1S/C37H50N8O8/c1-2-52-37(51)43-21-19-42(20-22-43)36(50)28(16-17-38-33(47)25-9-6-10-25)40-34(48)29-23-32(45(41-29)27-13-4-3-5-14-27)53-24-31(46)44-18-8-15-30(44)35(49)39-26-11-7-12-26/h3-5,13-14,23,25-26,28,30H,2,6-12,15-22,24H2,1H3,(H,38,47)(H,39,49)(H,40,48). The van der Waals surface area contributed by atoms with E-state index >= 15 is 0 Å². The number of nitrogens with zero attached hydrogens (tertiary/aromatic N) is 5. The number of nitrogens with one attached hydrogen (secondary N) is 3. The van der Waals surface area contributed by atoms with E-state index in [1.165, 1.54) is 15.6 Å². The van der Waals surface area contributed by atoms with Crippen LogP contribution in [0.15, 0.2) is 36.4 Å². The summed E-state index contributed by atoms with van der Waals surface area (Å²) in [7, 11) is 0. The van der Waals surface area contributed by atoms with Gasteiger partial charge in [-0.2, -0.15) is 5.10 Å². The first-order valence-electron chi connectivity index (χ1n) is 18.9. The summed E-state index contributed by atoms with van der Waals surface area (Å²) in [6.45, 7) is 3.33. The predicted octanol–water partition coefficient (Wildman–Crippen LogP) is 1.62. The Kier molecular flexibility index (Phi) is 12.5. The van der Waals surface area contributed by atoms with Crippen LogP contribution in [-0.2, 0) is 23.9 Å². The Balaban J connectivity index is 1.14. The summed E-state index contributed by atoms with van der Waals surface area (Å²) in [5.41, 5.74) is 0.539. The zero-order valence-electron chi connectivity index (χ0n) is 30.3. The maximum absolute atomic E-state index is 13.8. The Labute approximate surface area is 308 Å². The lowest BCUT2D eigenvalue weighted by molar-refractivity contribution is -0.140. The molecule has 3 N–H and O–H groups in total. The molecule has 0 radical (unpaired) electrons. The molecule has 2 saturated heterocycles. The number of benzene rings is 1. The first-order chi connectivity index (χ1) is 25.7. The molecule has 4 fully saturated rings. The van der Waals surface area contributed by atoms with Gasteiger partial charge < -0.3 is 40.1 Å². The van der Waals surface area contributed by atoms with Crippen molar-refractivity contribution in [3.8, 4) is 11.6 Å². The summed E-state index contributed by atoms with van der Waals surface area (Å²) in [5.74, 6) is -1.42. The average Bonchev–Trinajstić information content (AvgIpc) is 3.80. The monoisotopic (exact) mass is 734 g/mol. The fraction of sp³-hybridized carbons (Fsp3) is 0.595. The van der Waals surface area contributed by atoms with Crippen molar-refractivity contribution in [1.82, 2.24) is 40.4 Å². The molecule has 2 aromatic rings. The van der Waals surface area contributed by atoms with Crippen molar-refractivity contribution in [2.24, 2.45) is 5.92 Å². The van der Waals surface area contributed by atoms with E-state index in [1.807, 2.05) is 6.07 Å². The minimum Gasteiger partial charge on any atom is -0.467 e. The number of aromatic nitrogens is 2. The van der Waals surface area contributed by atoms with Crippen LogP contribution < -0.4 is 20.7 Å². The van der Waals surface area contributed by atoms with Gasteiger partial charge in [0.15, 0.2) is 12.3 Å². The number of carbonyl (C=O) groups excluding carboxylic acids is 6. The number of amides is 6. The van der Waals surface area contributed by atoms with Gasteiger partial charge in [-0.15, -0.1) is 0 Å². The zero-order valence-corrected chi connectivity index (χ0v) is 30.3. The Hall–Kier alpha value is -5.15. The molecule has 1 aromatic carbocycles. The molecule has 3 heterocycles. The zero-order chi connectivity index (χ0) is 37.3. The molecular weight excluding hydrogens is 684 g/mol. The Morgan fingerprint density at radius 3 is 2.25 bits per heavy atom. The largest absolute Gasteiger partial charge is 0.467 e. The summed E-state index contributed by atoms with van der Waals surface area (Å²) in [6.07, 6.45) is 6.69. The second kappa shape index (κ2) is 17.6. The third kappa shape index (κ3) is 9.27. The predicted molar refractivity (Wildman–Crippen MR) is 191 cm³/mol. The van der Waals surface area contributed by atoms with Crippen LogP contribution in [0.25, 0.3) is 5.69 Å². The molecule has 16 heteroatoms. The second-order valence-electron chi connectivity index (χ2n) is 14.0. The highest BCUT2D eigenvalue weighted by atomic mass is 16.6. The van der Waals surface area contributed by atoms with Crippen LogP contribution in [0, 0.1) is 5.92 Å². The number of para-hydroxylation sites is 1. The molecule has 4 aliphatic rings. The molecule has 53 heavy (non-hydrogen) atoms. The smallest absolute Gasteiger partial charge is 0.409 e. The van der Waals surface area contributed by atoms with Crippen LogP contribution in [0.1, 0.15) is 75.2 Å². The quantitative estimate of drug-likeness (QED) is 0.260. The van der Waals surface area contributed by atoms with E-state index in [1.54, 1.807) is 41.0 Å². The maximum Gasteiger partial charge on any atom is 0.409 e. The van der Waals surface area contributed by atoms with Gasteiger partial charge >= 0.3 is 6.09 Å². The van der Waals surface area contributed by atoms with E-state index in [2.05, 4.69) is 21.0 Å². The van der Waals surface area contributed by atoms with E-state index in [4.69, 9.17) is 9.47 Å². The fourth-order valence-electron chi connectivity index (χ4n) is 6.93. The number of likely N-dealkylation sites (tertiary alicyclic amines) is 1. The molecular formula is C37H50N8O8. The van der Waals surface area contributed by atoms with Crippen molar-refractivity contribution >= 4 is 35.6 Å². The van der Waals surface area contributed by atoms with Gasteiger partial charge in [-0.25, -0.2) is 9.48 Å². The van der Waals surface area contributed by atoms with Crippen LogP contribution in [-0.4, -0.2) is 131 Å². The fourth-order valence-corrected chi connectivity index (χ4v) is 6.93. The molecule has 2 unspecified atom stereocenters. The molecule has 0 bridgehead atoms. The Morgan fingerprint density at radius 2 is 1.58 bits per heavy atom. The Morgan fingerprint density at radius 1 is 0.868 bits per heavy atom. The van der Waals surface area contributed by atoms with Crippen LogP contribution in [0.2, 0.25) is 0 Å². The highest BCUT2D eigenvalue weighted by Crippen LogP contribution is 2.26. The number of hydrogen-bond donors (Lipinski definition) is 3. The lowest BCUT2D eigenvalue weighted by atomic mass is 9.85. The van der Waals surface area contributed by atoms with Gasteiger partial charge in [0.2, 0.25) is 23.6 Å².